The lowest BCUT2D eigenvalue weighted by Crippen LogP contribution is -2.42. The smallest absolute Gasteiger partial charge is 0.258 e. The molecule has 0 bridgehead atoms. The van der Waals surface area contributed by atoms with Crippen molar-refractivity contribution in [3.05, 3.63) is 64.7 Å². The summed E-state index contributed by atoms with van der Waals surface area (Å²) in [5.74, 6) is 0.318. The number of ether oxygens (including phenoxy) is 2. The van der Waals surface area contributed by atoms with E-state index in [4.69, 9.17) is 14.6 Å². The number of piperidine rings is 1. The molecule has 2 atom stereocenters. The molecule has 1 N–H and O–H groups in total. The number of hydrogen-bond acceptors (Lipinski definition) is 7. The van der Waals surface area contributed by atoms with Gasteiger partial charge in [0.1, 0.15) is 18.1 Å². The van der Waals surface area contributed by atoms with Gasteiger partial charge in [-0.3, -0.25) is 9.59 Å². The molecule has 1 amide bonds. The van der Waals surface area contributed by atoms with Crippen LogP contribution in [0.5, 0.6) is 5.75 Å². The Labute approximate surface area is 248 Å². The van der Waals surface area contributed by atoms with Crippen molar-refractivity contribution in [2.45, 2.75) is 56.3 Å². The molecule has 2 heterocycles. The zero-order chi connectivity index (χ0) is 29.9. The first-order valence-electron chi connectivity index (χ1n) is 14.8. The maximum atomic E-state index is 13.5. The molecule has 3 aliphatic rings. The Morgan fingerprint density at radius 1 is 1.17 bits per heavy atom. The maximum Gasteiger partial charge on any atom is 0.258 e. The van der Waals surface area contributed by atoms with E-state index in [1.54, 1.807) is 19.2 Å². The van der Waals surface area contributed by atoms with Crippen molar-refractivity contribution in [2.24, 2.45) is 5.92 Å². The molecule has 0 aromatic heterocycles. The normalized spacial score (nSPS) is 20.4. The zero-order valence-electron chi connectivity index (χ0n) is 24.4. The van der Waals surface area contributed by atoms with Crippen LogP contribution in [0.4, 0.5) is 0 Å². The highest BCUT2D eigenvalue weighted by atomic mass is 32.2. The van der Waals surface area contributed by atoms with Crippen LogP contribution in [0.1, 0.15) is 71.5 Å². The SMILES string of the molecule is COCCCN1C(=O)c2cccc3c2C1=CCC3CCC(=O)C1CCCN(S(=O)(=O)c2ccc(C)c(OCCO)c2)C1. The standard InChI is InChI=1S/C32H40N2O7S/c1-22-9-12-25(20-30(22)41-19-17-35)42(38,39)33-15-4-6-24(21-33)29(36)14-11-23-10-13-28-31-26(23)7-3-8-27(31)32(37)34(28)16-5-18-40-2/h3,7-9,12-13,20,23-24,35H,4-6,10-11,14-19,21H2,1-2H3. The van der Waals surface area contributed by atoms with Crippen molar-refractivity contribution in [3.63, 3.8) is 0 Å². The summed E-state index contributed by atoms with van der Waals surface area (Å²) in [6.07, 6.45) is 5.97. The van der Waals surface area contributed by atoms with Gasteiger partial charge >= 0.3 is 0 Å². The summed E-state index contributed by atoms with van der Waals surface area (Å²) < 4.78 is 39.1. The fraction of sp³-hybridized carbons (Fsp3) is 0.500. The van der Waals surface area contributed by atoms with Gasteiger partial charge in [0.2, 0.25) is 10.0 Å². The average Bonchev–Trinajstić information content (AvgIpc) is 3.28. The molecule has 2 aromatic rings. The first-order valence-corrected chi connectivity index (χ1v) is 16.2. The molecule has 9 nitrogen and oxygen atoms in total. The predicted molar refractivity (Wildman–Crippen MR) is 159 cm³/mol. The molecule has 5 rings (SSSR count). The molecule has 10 heteroatoms. The van der Waals surface area contributed by atoms with E-state index in [0.717, 1.165) is 40.8 Å². The number of Topliss-reactive ketones (excluding diaryl/α,β-unsaturated/α-hetero) is 1. The van der Waals surface area contributed by atoms with Crippen LogP contribution in [-0.4, -0.2) is 81.0 Å². The van der Waals surface area contributed by atoms with Crippen molar-refractivity contribution in [3.8, 4) is 5.75 Å². The van der Waals surface area contributed by atoms with Gasteiger partial charge in [-0.1, -0.05) is 24.3 Å². The van der Waals surface area contributed by atoms with Gasteiger partial charge in [0.05, 0.1) is 11.5 Å². The van der Waals surface area contributed by atoms with Crippen LogP contribution in [0.25, 0.3) is 5.70 Å². The third kappa shape index (κ3) is 6.04. The Balaban J connectivity index is 1.24. The summed E-state index contributed by atoms with van der Waals surface area (Å²) in [7, 11) is -2.15. The highest BCUT2D eigenvalue weighted by molar-refractivity contribution is 7.89. The number of aliphatic hydroxyl groups is 1. The predicted octanol–water partition coefficient (Wildman–Crippen LogP) is 4.14. The first kappa shape index (κ1) is 30.4. The summed E-state index contributed by atoms with van der Waals surface area (Å²) in [5, 5.41) is 9.09. The van der Waals surface area contributed by atoms with Gasteiger partial charge in [-0.25, -0.2) is 8.42 Å². The maximum absolute atomic E-state index is 13.5. The Morgan fingerprint density at radius 2 is 2.00 bits per heavy atom. The number of benzene rings is 2. The first-order chi connectivity index (χ1) is 20.3. The highest BCUT2D eigenvalue weighted by Gasteiger charge is 2.38. The Morgan fingerprint density at radius 3 is 2.79 bits per heavy atom. The molecule has 2 aromatic carbocycles. The average molecular weight is 597 g/mol. The lowest BCUT2D eigenvalue weighted by molar-refractivity contribution is -0.124. The van der Waals surface area contributed by atoms with Gasteiger partial charge in [0.15, 0.2) is 0 Å². The molecular formula is C32H40N2O7S. The number of aryl methyl sites for hydroxylation is 1. The summed E-state index contributed by atoms with van der Waals surface area (Å²) in [5.41, 5.74) is 4.59. The van der Waals surface area contributed by atoms with Crippen molar-refractivity contribution >= 4 is 27.4 Å². The number of amides is 1. The van der Waals surface area contributed by atoms with Crippen LogP contribution in [0, 0.1) is 12.8 Å². The summed E-state index contributed by atoms with van der Waals surface area (Å²) in [4.78, 5) is 28.5. The van der Waals surface area contributed by atoms with Crippen molar-refractivity contribution < 1.29 is 32.6 Å². The van der Waals surface area contributed by atoms with Crippen LogP contribution in [-0.2, 0) is 19.6 Å². The van der Waals surface area contributed by atoms with Gasteiger partial charge in [-0.05, 0) is 68.2 Å². The molecule has 0 radical (unpaired) electrons. The number of allylic oxidation sites excluding steroid dienone is 1. The van der Waals surface area contributed by atoms with Gasteiger partial charge in [-0.15, -0.1) is 0 Å². The molecule has 1 aliphatic carbocycles. The monoisotopic (exact) mass is 596 g/mol. The number of hydrogen-bond donors (Lipinski definition) is 1. The minimum absolute atomic E-state index is 0.0232. The Hall–Kier alpha value is -3.05. The molecule has 0 spiro atoms. The van der Waals surface area contributed by atoms with Gasteiger partial charge < -0.3 is 19.5 Å². The van der Waals surface area contributed by atoms with E-state index in [2.05, 4.69) is 12.1 Å². The van der Waals surface area contributed by atoms with E-state index in [1.807, 2.05) is 24.0 Å². The second-order valence-electron chi connectivity index (χ2n) is 11.3. The number of sulfonamides is 1. The molecule has 2 aliphatic heterocycles. The fourth-order valence-corrected chi connectivity index (χ4v) is 7.90. The molecule has 0 saturated carbocycles. The summed E-state index contributed by atoms with van der Waals surface area (Å²) >= 11 is 0. The molecule has 1 saturated heterocycles. The molecule has 2 unspecified atom stereocenters. The second-order valence-corrected chi connectivity index (χ2v) is 13.2. The second kappa shape index (κ2) is 13.1. The third-order valence-electron chi connectivity index (χ3n) is 8.61. The van der Waals surface area contributed by atoms with Crippen LogP contribution < -0.4 is 4.74 Å². The number of ketones is 1. The van der Waals surface area contributed by atoms with Crippen molar-refractivity contribution in [1.82, 2.24) is 9.21 Å². The van der Waals surface area contributed by atoms with E-state index in [9.17, 15) is 18.0 Å². The number of aliphatic hydroxyl groups excluding tert-OH is 1. The largest absolute Gasteiger partial charge is 0.491 e. The van der Waals surface area contributed by atoms with Crippen LogP contribution in [0.2, 0.25) is 0 Å². The quantitative estimate of drug-likeness (QED) is 0.346. The van der Waals surface area contributed by atoms with Gasteiger partial charge in [0, 0.05) is 68.6 Å². The molecule has 226 valence electrons. The van der Waals surface area contributed by atoms with Crippen LogP contribution in [0.3, 0.4) is 0 Å². The van der Waals surface area contributed by atoms with Gasteiger partial charge in [0.25, 0.3) is 5.91 Å². The molecule has 42 heavy (non-hydrogen) atoms. The summed E-state index contributed by atoms with van der Waals surface area (Å²) in [6.45, 7) is 3.48. The number of nitrogens with zero attached hydrogens (tertiary/aromatic N) is 2. The van der Waals surface area contributed by atoms with E-state index in [1.165, 1.54) is 10.4 Å². The minimum atomic E-state index is -3.80. The van der Waals surface area contributed by atoms with E-state index in [0.29, 0.717) is 51.1 Å². The van der Waals surface area contributed by atoms with Crippen molar-refractivity contribution in [1.29, 1.82) is 0 Å². The van der Waals surface area contributed by atoms with Gasteiger partial charge in [-0.2, -0.15) is 4.31 Å². The number of carbonyl (C=O) groups is 2. The topological polar surface area (TPSA) is 113 Å². The van der Waals surface area contributed by atoms with E-state index in [-0.39, 0.29) is 48.2 Å². The van der Waals surface area contributed by atoms with E-state index >= 15 is 0 Å². The van der Waals surface area contributed by atoms with Crippen LogP contribution >= 0.6 is 0 Å². The zero-order valence-corrected chi connectivity index (χ0v) is 25.2. The van der Waals surface area contributed by atoms with Crippen molar-refractivity contribution in [2.75, 3.05) is 46.6 Å². The lowest BCUT2D eigenvalue weighted by atomic mass is 9.80. The number of carbonyl (C=O) groups excluding carboxylic acids is 2. The van der Waals surface area contributed by atoms with E-state index < -0.39 is 10.0 Å². The van der Waals surface area contributed by atoms with Crippen LogP contribution in [0.15, 0.2) is 47.4 Å². The number of rotatable bonds is 13. The highest BCUT2D eigenvalue weighted by Crippen LogP contribution is 2.44. The Kier molecular flexibility index (Phi) is 9.47. The summed E-state index contributed by atoms with van der Waals surface area (Å²) in [6, 6.07) is 10.6. The fourth-order valence-electron chi connectivity index (χ4n) is 6.36. The number of methoxy groups -OCH3 is 1. The molecule has 1 fully saturated rings. The Bertz CT molecular complexity index is 1470. The minimum Gasteiger partial charge on any atom is -0.491 e. The third-order valence-corrected chi connectivity index (χ3v) is 10.5. The molecular weight excluding hydrogens is 556 g/mol. The lowest BCUT2D eigenvalue weighted by Gasteiger charge is -2.32.